The molecule has 0 spiro atoms. The number of pyridine rings is 2. The van der Waals surface area contributed by atoms with Gasteiger partial charge in [-0.1, -0.05) is 24.3 Å². The summed E-state index contributed by atoms with van der Waals surface area (Å²) in [6.45, 7) is 9.33. The minimum atomic E-state index is 0.165. The third-order valence-corrected chi connectivity index (χ3v) is 5.17. The van der Waals surface area contributed by atoms with Gasteiger partial charge < -0.3 is 10.6 Å². The van der Waals surface area contributed by atoms with Crippen molar-refractivity contribution in [3.8, 4) is 28.5 Å². The molecule has 1 aliphatic heterocycles. The Kier molecular flexibility index (Phi) is 5.09. The Morgan fingerprint density at radius 2 is 1.86 bits per heavy atom. The second-order valence-electron chi connectivity index (χ2n) is 6.99. The summed E-state index contributed by atoms with van der Waals surface area (Å²) >= 11 is 0. The van der Waals surface area contributed by atoms with Crippen molar-refractivity contribution in [2.45, 2.75) is 19.3 Å². The predicted octanol–water partition coefficient (Wildman–Crippen LogP) is 4.81. The van der Waals surface area contributed by atoms with E-state index in [1.807, 2.05) is 42.5 Å². The van der Waals surface area contributed by atoms with E-state index in [4.69, 9.17) is 12.3 Å². The molecule has 0 saturated carbocycles. The first-order valence-corrected chi connectivity index (χ1v) is 9.60. The number of nitrogens with zero attached hydrogens (tertiary/aromatic N) is 5. The smallest absolute Gasteiger partial charge is 0.237 e. The molecule has 3 heterocycles. The van der Waals surface area contributed by atoms with Gasteiger partial charge in [-0.2, -0.15) is 5.26 Å². The highest BCUT2D eigenvalue weighted by molar-refractivity contribution is 5.93. The fourth-order valence-corrected chi connectivity index (χ4v) is 3.78. The highest BCUT2D eigenvalue weighted by atomic mass is 15.2. The molecule has 1 saturated heterocycles. The molecule has 0 amide bonds. The van der Waals surface area contributed by atoms with Gasteiger partial charge in [-0.05, 0) is 43.0 Å². The summed E-state index contributed by atoms with van der Waals surface area (Å²) in [6.07, 6.45) is 5.03. The van der Waals surface area contributed by atoms with E-state index in [2.05, 4.69) is 25.8 Å². The fraction of sp³-hybridized carbons (Fsp3) is 0.217. The Morgan fingerprint density at radius 3 is 2.55 bits per heavy atom. The lowest BCUT2D eigenvalue weighted by atomic mass is 9.96. The second-order valence-corrected chi connectivity index (χ2v) is 6.99. The van der Waals surface area contributed by atoms with Gasteiger partial charge in [0.15, 0.2) is 0 Å². The Morgan fingerprint density at radius 1 is 1.07 bits per heavy atom. The zero-order valence-corrected chi connectivity index (χ0v) is 16.0. The highest BCUT2D eigenvalue weighted by Gasteiger charge is 2.24. The monoisotopic (exact) mass is 380 g/mol. The third kappa shape index (κ3) is 3.49. The number of rotatable bonds is 3. The van der Waals surface area contributed by atoms with Crippen molar-refractivity contribution in [3.05, 3.63) is 65.6 Å². The summed E-state index contributed by atoms with van der Waals surface area (Å²) in [7, 11) is 0. The standard InChI is InChI=1S/C23H20N6/c1-26-21-20(17-9-7-8-16(14-17)19-10-3-4-11-27-19)18(15-24)23(28-22(21)25)29-12-5-2-6-13-29/h3-4,7-11,14H,2,5-6,12-13H2,(H2,25,28). The summed E-state index contributed by atoms with van der Waals surface area (Å²) in [6, 6.07) is 15.8. The largest absolute Gasteiger partial charge is 0.392 e. The van der Waals surface area contributed by atoms with Gasteiger partial charge in [0.1, 0.15) is 17.7 Å². The molecule has 0 aliphatic carbocycles. The van der Waals surface area contributed by atoms with E-state index >= 15 is 0 Å². The van der Waals surface area contributed by atoms with Crippen LogP contribution in [-0.4, -0.2) is 23.1 Å². The maximum atomic E-state index is 10.0. The molecule has 3 aromatic rings. The molecule has 4 rings (SSSR count). The number of anilines is 2. The maximum absolute atomic E-state index is 10.0. The molecule has 1 aromatic carbocycles. The normalized spacial score (nSPS) is 13.5. The third-order valence-electron chi connectivity index (χ3n) is 5.17. The maximum Gasteiger partial charge on any atom is 0.237 e. The quantitative estimate of drug-likeness (QED) is 0.660. The van der Waals surface area contributed by atoms with Crippen LogP contribution >= 0.6 is 0 Å². The Balaban J connectivity index is 1.92. The number of aromatic nitrogens is 2. The predicted molar refractivity (Wildman–Crippen MR) is 114 cm³/mol. The molecule has 2 N–H and O–H groups in total. The molecule has 0 unspecified atom stereocenters. The van der Waals surface area contributed by atoms with Crippen LogP contribution in [0.3, 0.4) is 0 Å². The zero-order chi connectivity index (χ0) is 20.2. The van der Waals surface area contributed by atoms with Crippen molar-refractivity contribution >= 4 is 17.3 Å². The minimum Gasteiger partial charge on any atom is -0.392 e. The zero-order valence-electron chi connectivity index (χ0n) is 16.0. The van der Waals surface area contributed by atoms with E-state index in [1.165, 1.54) is 6.42 Å². The molecule has 6 nitrogen and oxygen atoms in total. The van der Waals surface area contributed by atoms with Crippen LogP contribution in [-0.2, 0) is 0 Å². The van der Waals surface area contributed by atoms with Gasteiger partial charge in [-0.15, -0.1) is 0 Å². The van der Waals surface area contributed by atoms with Crippen molar-refractivity contribution < 1.29 is 0 Å². The number of piperidine rings is 1. The van der Waals surface area contributed by atoms with Gasteiger partial charge in [0, 0.05) is 30.4 Å². The first-order chi connectivity index (χ1) is 14.2. The van der Waals surface area contributed by atoms with E-state index in [1.54, 1.807) is 6.20 Å². The Hall–Kier alpha value is -3.90. The molecule has 0 radical (unpaired) electrons. The van der Waals surface area contributed by atoms with Crippen LogP contribution in [0.5, 0.6) is 0 Å². The van der Waals surface area contributed by atoms with Crippen LogP contribution < -0.4 is 10.6 Å². The molecule has 29 heavy (non-hydrogen) atoms. The summed E-state index contributed by atoms with van der Waals surface area (Å²) in [5.41, 5.74) is 9.87. The average Bonchev–Trinajstić information content (AvgIpc) is 2.79. The van der Waals surface area contributed by atoms with Crippen molar-refractivity contribution in [2.24, 2.45) is 0 Å². The molecule has 0 atom stereocenters. The van der Waals surface area contributed by atoms with Crippen molar-refractivity contribution in [3.63, 3.8) is 0 Å². The lowest BCUT2D eigenvalue weighted by molar-refractivity contribution is 0.573. The van der Waals surface area contributed by atoms with Crippen molar-refractivity contribution in [2.75, 3.05) is 23.7 Å². The van der Waals surface area contributed by atoms with Gasteiger partial charge in [0.25, 0.3) is 0 Å². The number of nitriles is 1. The number of hydrogen-bond acceptors (Lipinski definition) is 5. The summed E-state index contributed by atoms with van der Waals surface area (Å²) < 4.78 is 0. The summed E-state index contributed by atoms with van der Waals surface area (Å²) in [5, 5.41) is 10.0. The van der Waals surface area contributed by atoms with Gasteiger partial charge >= 0.3 is 0 Å². The number of nitrogen functional groups attached to an aromatic ring is 1. The Labute approximate surface area is 170 Å². The van der Waals surface area contributed by atoms with Crippen LogP contribution in [0.1, 0.15) is 24.8 Å². The summed E-state index contributed by atoms with van der Waals surface area (Å²) in [5.74, 6) is 0.744. The lowest BCUT2D eigenvalue weighted by Gasteiger charge is -2.29. The molecule has 2 aromatic heterocycles. The van der Waals surface area contributed by atoms with Crippen LogP contribution in [0.4, 0.5) is 17.3 Å². The Bertz CT molecular complexity index is 1120. The van der Waals surface area contributed by atoms with E-state index in [9.17, 15) is 5.26 Å². The molecular formula is C23H20N6. The van der Waals surface area contributed by atoms with Gasteiger partial charge in [-0.3, -0.25) is 4.98 Å². The van der Waals surface area contributed by atoms with Crippen LogP contribution in [0.25, 0.3) is 27.2 Å². The number of nitrogens with two attached hydrogens (primary N) is 1. The minimum absolute atomic E-state index is 0.165. The molecule has 142 valence electrons. The van der Waals surface area contributed by atoms with E-state index < -0.39 is 0 Å². The van der Waals surface area contributed by atoms with Crippen LogP contribution in [0.15, 0.2) is 48.7 Å². The van der Waals surface area contributed by atoms with Gasteiger partial charge in [-0.25, -0.2) is 9.83 Å². The summed E-state index contributed by atoms with van der Waals surface area (Å²) in [4.78, 5) is 14.6. The molecular weight excluding hydrogens is 360 g/mol. The van der Waals surface area contributed by atoms with Gasteiger partial charge in [0.05, 0.1) is 17.8 Å². The second kappa shape index (κ2) is 8.00. The number of benzene rings is 1. The molecule has 0 bridgehead atoms. The topological polar surface area (TPSA) is 83.2 Å². The molecule has 1 aliphatic rings. The van der Waals surface area contributed by atoms with Crippen LogP contribution in [0, 0.1) is 17.9 Å². The number of hydrogen-bond donors (Lipinski definition) is 1. The van der Waals surface area contributed by atoms with E-state index in [0.717, 1.165) is 42.8 Å². The van der Waals surface area contributed by atoms with Gasteiger partial charge in [0.2, 0.25) is 5.69 Å². The van der Waals surface area contributed by atoms with Crippen molar-refractivity contribution in [1.29, 1.82) is 5.26 Å². The van der Waals surface area contributed by atoms with E-state index in [-0.39, 0.29) is 11.5 Å². The molecule has 1 fully saturated rings. The SMILES string of the molecule is [C-]#[N+]c1c(N)nc(N2CCCCC2)c(C#N)c1-c1cccc(-c2ccccn2)c1. The first-order valence-electron chi connectivity index (χ1n) is 9.60. The average molecular weight is 380 g/mol. The first kappa shape index (κ1) is 18.5. The van der Waals surface area contributed by atoms with Crippen molar-refractivity contribution in [1.82, 2.24) is 9.97 Å². The van der Waals surface area contributed by atoms with E-state index in [0.29, 0.717) is 16.9 Å². The molecule has 6 heteroatoms. The lowest BCUT2D eigenvalue weighted by Crippen LogP contribution is -2.31. The fourth-order valence-electron chi connectivity index (χ4n) is 3.78. The highest BCUT2D eigenvalue weighted by Crippen LogP contribution is 2.42. The van der Waals surface area contributed by atoms with Crippen LogP contribution in [0.2, 0.25) is 0 Å².